The molecule has 0 bridgehead atoms. The molecule has 0 spiro atoms. The largest absolute Gasteiger partial charge is 0.496 e. The predicted octanol–water partition coefficient (Wildman–Crippen LogP) is 5.13. The summed E-state index contributed by atoms with van der Waals surface area (Å²) in [6.07, 6.45) is -2.39. The van der Waals surface area contributed by atoms with E-state index in [1.165, 1.54) is 23.9 Å². The Morgan fingerprint density at radius 2 is 1.90 bits per heavy atom. The molecule has 2 N–H and O–H groups in total. The van der Waals surface area contributed by atoms with Crippen molar-refractivity contribution in [2.45, 2.75) is 12.6 Å². The summed E-state index contributed by atoms with van der Waals surface area (Å²) in [7, 11) is 1.53. The minimum Gasteiger partial charge on any atom is -0.496 e. The lowest BCUT2D eigenvalue weighted by Crippen LogP contribution is -2.07. The normalized spacial score (nSPS) is 11.4. The van der Waals surface area contributed by atoms with Crippen LogP contribution >= 0.6 is 12.2 Å². The van der Waals surface area contributed by atoms with Gasteiger partial charge in [-0.3, -0.25) is 5.14 Å². The Hall–Kier alpha value is -2.95. The highest BCUT2D eigenvalue weighted by molar-refractivity contribution is 7.92. The number of hydrogen-bond acceptors (Lipinski definition) is 6. The zero-order valence-corrected chi connectivity index (χ0v) is 16.7. The first-order chi connectivity index (χ1) is 14.4. The maximum Gasteiger partial charge on any atom is 0.435 e. The van der Waals surface area contributed by atoms with Crippen molar-refractivity contribution >= 4 is 12.2 Å². The Balaban J connectivity index is 2.09. The van der Waals surface area contributed by atoms with Gasteiger partial charge in [0.25, 0.3) is 0 Å². The van der Waals surface area contributed by atoms with E-state index < -0.39 is 11.9 Å². The van der Waals surface area contributed by atoms with E-state index in [1.54, 1.807) is 36.4 Å². The molecule has 0 amide bonds. The van der Waals surface area contributed by atoms with Crippen LogP contribution in [0, 0.1) is 0 Å². The molecule has 3 aromatic rings. The molecule has 0 radical (unpaired) electrons. The van der Waals surface area contributed by atoms with Gasteiger partial charge in [-0.05, 0) is 60.5 Å². The van der Waals surface area contributed by atoms with E-state index in [0.29, 0.717) is 41.4 Å². The van der Waals surface area contributed by atoms with Gasteiger partial charge in [0.05, 0.1) is 18.5 Å². The van der Waals surface area contributed by atoms with Crippen LogP contribution in [-0.2, 0) is 16.9 Å². The number of methoxy groups -OCH3 is 1. The van der Waals surface area contributed by atoms with Crippen molar-refractivity contribution in [3.8, 4) is 28.4 Å². The molecule has 0 saturated carbocycles. The van der Waals surface area contributed by atoms with Crippen LogP contribution < -0.4 is 14.8 Å². The number of rotatable bonds is 8. The molecule has 0 saturated heterocycles. The van der Waals surface area contributed by atoms with Crippen LogP contribution in [0.5, 0.6) is 11.5 Å². The van der Waals surface area contributed by atoms with Gasteiger partial charge in [0, 0.05) is 5.56 Å². The molecule has 0 aliphatic heterocycles. The second kappa shape index (κ2) is 9.24. The van der Waals surface area contributed by atoms with E-state index in [1.807, 2.05) is 0 Å². The summed E-state index contributed by atoms with van der Waals surface area (Å²) in [5.41, 5.74) is 1.04. The van der Waals surface area contributed by atoms with Gasteiger partial charge >= 0.3 is 6.18 Å². The Labute approximate surface area is 175 Å². The molecular formula is C20H18F3N3O3S. The summed E-state index contributed by atoms with van der Waals surface area (Å²) >= 11 is 0.529. The maximum absolute atomic E-state index is 13.4. The predicted molar refractivity (Wildman–Crippen MR) is 108 cm³/mol. The summed E-state index contributed by atoms with van der Waals surface area (Å²) in [5, 5.41) is 8.90. The molecule has 1 heterocycles. The number of hydrogen-bond donors (Lipinski definition) is 1. The van der Waals surface area contributed by atoms with E-state index in [4.69, 9.17) is 14.8 Å². The minimum atomic E-state index is -4.59. The van der Waals surface area contributed by atoms with Gasteiger partial charge in [-0.1, -0.05) is 10.4 Å². The molecule has 30 heavy (non-hydrogen) atoms. The smallest absolute Gasteiger partial charge is 0.435 e. The fourth-order valence-corrected chi connectivity index (χ4v) is 2.99. The third-order valence-corrected chi connectivity index (χ3v) is 4.34. The average molecular weight is 437 g/mol. The van der Waals surface area contributed by atoms with Gasteiger partial charge in [0.15, 0.2) is 11.4 Å². The van der Waals surface area contributed by atoms with Crippen molar-refractivity contribution in [1.29, 1.82) is 0 Å². The van der Waals surface area contributed by atoms with Gasteiger partial charge in [-0.25, -0.2) is 4.68 Å². The van der Waals surface area contributed by atoms with Gasteiger partial charge in [-0.15, -0.1) is 6.58 Å². The number of allylic oxidation sites excluding steroid dienone is 1. The number of aromatic nitrogens is 2. The van der Waals surface area contributed by atoms with Gasteiger partial charge in [-0.2, -0.15) is 18.3 Å². The van der Waals surface area contributed by atoms with Crippen LogP contribution in [0.25, 0.3) is 16.9 Å². The number of nitrogens with zero attached hydrogens (tertiary/aromatic N) is 2. The van der Waals surface area contributed by atoms with Crippen LogP contribution in [0.1, 0.15) is 11.3 Å². The fraction of sp³-hybridized carbons (Fsp3) is 0.150. The molecule has 3 rings (SSSR count). The van der Waals surface area contributed by atoms with Crippen molar-refractivity contribution in [2.24, 2.45) is 5.14 Å². The van der Waals surface area contributed by atoms with E-state index in [0.717, 1.165) is 11.6 Å². The van der Waals surface area contributed by atoms with Crippen LogP contribution in [0.15, 0.2) is 61.2 Å². The highest BCUT2D eigenvalue weighted by Gasteiger charge is 2.35. The Morgan fingerprint density at radius 1 is 1.17 bits per heavy atom. The highest BCUT2D eigenvalue weighted by Crippen LogP contribution is 2.35. The summed E-state index contributed by atoms with van der Waals surface area (Å²) < 4.78 is 51.2. The van der Waals surface area contributed by atoms with E-state index in [9.17, 15) is 13.2 Å². The Morgan fingerprint density at radius 3 is 2.50 bits per heavy atom. The zero-order chi connectivity index (χ0) is 21.7. The fourth-order valence-electron chi connectivity index (χ4n) is 2.88. The SMILES string of the molecule is C=CCc1cc(-c2cc(C(F)(F)F)nn2-c2ccc(OOSN)cc2)ccc1OC. The van der Waals surface area contributed by atoms with Crippen molar-refractivity contribution in [3.05, 3.63) is 72.4 Å². The van der Waals surface area contributed by atoms with Crippen molar-refractivity contribution in [2.75, 3.05) is 7.11 Å². The van der Waals surface area contributed by atoms with Gasteiger partial charge in [0.1, 0.15) is 18.0 Å². The molecule has 6 nitrogen and oxygen atoms in total. The number of benzene rings is 2. The number of alkyl halides is 3. The van der Waals surface area contributed by atoms with Crippen molar-refractivity contribution < 1.29 is 27.1 Å². The molecule has 158 valence electrons. The molecular weight excluding hydrogens is 419 g/mol. The molecule has 0 aliphatic rings. The lowest BCUT2D eigenvalue weighted by molar-refractivity contribution is -0.141. The van der Waals surface area contributed by atoms with Crippen molar-refractivity contribution in [1.82, 2.24) is 9.78 Å². The lowest BCUT2D eigenvalue weighted by atomic mass is 10.0. The summed E-state index contributed by atoms with van der Waals surface area (Å²) in [6.45, 7) is 3.71. The number of nitrogens with two attached hydrogens (primary N) is 1. The third-order valence-electron chi connectivity index (χ3n) is 4.19. The first-order valence-electron chi connectivity index (χ1n) is 8.63. The number of ether oxygens (including phenoxy) is 1. The second-order valence-electron chi connectivity index (χ2n) is 6.09. The van der Waals surface area contributed by atoms with Gasteiger partial charge < -0.3 is 9.62 Å². The van der Waals surface area contributed by atoms with E-state index in [2.05, 4.69) is 16.0 Å². The minimum absolute atomic E-state index is 0.276. The third kappa shape index (κ3) is 4.78. The maximum atomic E-state index is 13.4. The standard InChI is InChI=1S/C20H18F3N3O3S/c1-3-4-14-11-13(5-10-18(14)27-2)17-12-19(20(21,22)23)25-26(17)15-6-8-16(9-7-15)28-29-30-24/h3,5-12H,1,4,24H2,2H3. The van der Waals surface area contributed by atoms with Crippen LogP contribution in [-0.4, -0.2) is 16.9 Å². The van der Waals surface area contributed by atoms with Crippen LogP contribution in [0.3, 0.4) is 0 Å². The number of halogens is 3. The van der Waals surface area contributed by atoms with Gasteiger partial charge in [0.2, 0.25) is 0 Å². The first-order valence-corrected chi connectivity index (χ1v) is 9.43. The monoisotopic (exact) mass is 437 g/mol. The molecule has 0 aliphatic carbocycles. The molecule has 10 heteroatoms. The molecule has 1 aromatic heterocycles. The topological polar surface area (TPSA) is 71.5 Å². The first kappa shape index (κ1) is 21.8. The van der Waals surface area contributed by atoms with E-state index >= 15 is 0 Å². The summed E-state index contributed by atoms with van der Waals surface area (Å²) in [6, 6.07) is 12.3. The summed E-state index contributed by atoms with van der Waals surface area (Å²) in [4.78, 5) is 4.89. The second-order valence-corrected chi connectivity index (χ2v) is 6.41. The molecule has 0 unspecified atom stereocenters. The van der Waals surface area contributed by atoms with Crippen LogP contribution in [0.2, 0.25) is 0 Å². The van der Waals surface area contributed by atoms with Crippen LogP contribution in [0.4, 0.5) is 13.2 Å². The lowest BCUT2D eigenvalue weighted by Gasteiger charge is -2.12. The molecule has 0 atom stereocenters. The summed E-state index contributed by atoms with van der Waals surface area (Å²) in [5.74, 6) is 0.958. The van der Waals surface area contributed by atoms with Crippen molar-refractivity contribution in [3.63, 3.8) is 0 Å². The van der Waals surface area contributed by atoms with E-state index in [-0.39, 0.29) is 5.69 Å². The molecule has 0 fully saturated rings. The Kier molecular flexibility index (Phi) is 6.70. The highest BCUT2D eigenvalue weighted by atomic mass is 32.2. The quantitative estimate of drug-likeness (QED) is 0.173. The molecule has 2 aromatic carbocycles. The Bertz CT molecular complexity index is 1020. The average Bonchev–Trinajstić information content (AvgIpc) is 3.19. The zero-order valence-electron chi connectivity index (χ0n) is 15.8.